The van der Waals surface area contributed by atoms with Crippen LogP contribution < -0.4 is 5.32 Å². The van der Waals surface area contributed by atoms with E-state index in [1.807, 2.05) is 12.1 Å². The molecule has 2 N–H and O–H groups in total. The fraction of sp³-hybridized carbons (Fsp3) is 0.529. The quantitative estimate of drug-likeness (QED) is 0.820. The van der Waals surface area contributed by atoms with E-state index in [1.54, 1.807) is 19.2 Å². The van der Waals surface area contributed by atoms with Crippen molar-refractivity contribution in [3.05, 3.63) is 35.4 Å². The first kappa shape index (κ1) is 16.5. The van der Waals surface area contributed by atoms with Crippen LogP contribution in [0.15, 0.2) is 24.3 Å². The molecule has 0 unspecified atom stereocenters. The first-order valence-corrected chi connectivity index (χ1v) is 7.73. The number of methoxy groups -OCH3 is 1. The number of benzene rings is 1. The van der Waals surface area contributed by atoms with Gasteiger partial charge in [-0.15, -0.1) is 0 Å². The molecule has 0 aromatic heterocycles. The van der Waals surface area contributed by atoms with Gasteiger partial charge in [0, 0.05) is 18.7 Å². The van der Waals surface area contributed by atoms with E-state index in [4.69, 9.17) is 4.74 Å². The van der Waals surface area contributed by atoms with Crippen molar-refractivity contribution in [2.75, 3.05) is 7.11 Å². The summed E-state index contributed by atoms with van der Waals surface area (Å²) in [5, 5.41) is 12.3. The minimum Gasteiger partial charge on any atom is -0.481 e. The molecule has 1 aliphatic rings. The highest BCUT2D eigenvalue weighted by atomic mass is 16.5. The molecule has 0 radical (unpaired) electrons. The molecule has 1 aromatic rings. The van der Waals surface area contributed by atoms with Crippen molar-refractivity contribution < 1.29 is 19.4 Å². The van der Waals surface area contributed by atoms with Crippen LogP contribution in [0.3, 0.4) is 0 Å². The predicted octanol–water partition coefficient (Wildman–Crippen LogP) is 2.60. The lowest BCUT2D eigenvalue weighted by Gasteiger charge is -2.23. The summed E-state index contributed by atoms with van der Waals surface area (Å²) in [5.74, 6) is -1.51. The summed E-state index contributed by atoms with van der Waals surface area (Å²) in [4.78, 5) is 23.7. The zero-order chi connectivity index (χ0) is 15.9. The van der Waals surface area contributed by atoms with Gasteiger partial charge in [0.2, 0.25) is 0 Å². The van der Waals surface area contributed by atoms with E-state index >= 15 is 0 Å². The van der Waals surface area contributed by atoms with Gasteiger partial charge in [0.1, 0.15) is 0 Å². The number of amides is 1. The smallest absolute Gasteiger partial charge is 0.308 e. The average Bonchev–Trinajstić information content (AvgIpc) is 2.74. The van der Waals surface area contributed by atoms with Gasteiger partial charge in [0.15, 0.2) is 0 Å². The Labute approximate surface area is 130 Å². The van der Waals surface area contributed by atoms with Gasteiger partial charge in [-0.05, 0) is 30.5 Å². The summed E-state index contributed by atoms with van der Waals surface area (Å²) >= 11 is 0. The number of rotatable bonds is 5. The van der Waals surface area contributed by atoms with Crippen molar-refractivity contribution in [3.8, 4) is 0 Å². The number of carboxylic acid groups (broad SMARTS) is 1. The first-order chi connectivity index (χ1) is 10.6. The van der Waals surface area contributed by atoms with Crippen LogP contribution in [0, 0.1) is 5.92 Å². The number of hydrogen-bond acceptors (Lipinski definition) is 3. The molecule has 1 aromatic carbocycles. The number of carboxylic acids is 1. The van der Waals surface area contributed by atoms with Gasteiger partial charge in [-0.2, -0.15) is 0 Å². The SMILES string of the molecule is COCc1ccc(C(=O)N[C@H]2CCCCC[C@H]2C(=O)O)cc1. The van der Waals surface area contributed by atoms with Crippen LogP contribution in [-0.2, 0) is 16.1 Å². The van der Waals surface area contributed by atoms with E-state index in [0.717, 1.165) is 31.2 Å². The van der Waals surface area contributed by atoms with E-state index in [2.05, 4.69) is 5.32 Å². The van der Waals surface area contributed by atoms with Crippen molar-refractivity contribution in [2.45, 2.75) is 44.8 Å². The normalized spacial score (nSPS) is 21.9. The highest BCUT2D eigenvalue weighted by Gasteiger charge is 2.30. The molecule has 2 atom stereocenters. The molecule has 0 bridgehead atoms. The summed E-state index contributed by atoms with van der Waals surface area (Å²) in [6, 6.07) is 6.90. The Morgan fingerprint density at radius 2 is 1.86 bits per heavy atom. The van der Waals surface area contributed by atoms with E-state index in [9.17, 15) is 14.7 Å². The third-order valence-electron chi connectivity index (χ3n) is 4.18. The van der Waals surface area contributed by atoms with Crippen LogP contribution in [0.2, 0.25) is 0 Å². The lowest BCUT2D eigenvalue weighted by Crippen LogP contribution is -2.42. The summed E-state index contributed by atoms with van der Waals surface area (Å²) in [5.41, 5.74) is 1.55. The van der Waals surface area contributed by atoms with Gasteiger partial charge >= 0.3 is 5.97 Å². The summed E-state index contributed by atoms with van der Waals surface area (Å²) in [7, 11) is 1.62. The Balaban J connectivity index is 2.03. The van der Waals surface area contributed by atoms with E-state index in [-0.39, 0.29) is 11.9 Å². The van der Waals surface area contributed by atoms with E-state index < -0.39 is 11.9 Å². The maximum absolute atomic E-state index is 12.3. The lowest BCUT2D eigenvalue weighted by molar-refractivity contribution is -0.142. The minimum atomic E-state index is -0.817. The number of carbonyl (C=O) groups excluding carboxylic acids is 1. The third kappa shape index (κ3) is 4.31. The summed E-state index contributed by atoms with van der Waals surface area (Å²) in [6.45, 7) is 0.506. The van der Waals surface area contributed by atoms with Crippen molar-refractivity contribution in [1.29, 1.82) is 0 Å². The molecule has 22 heavy (non-hydrogen) atoms. The summed E-state index contributed by atoms with van der Waals surface area (Å²) in [6.07, 6.45) is 4.26. The average molecular weight is 305 g/mol. The van der Waals surface area contributed by atoms with Crippen LogP contribution in [0.1, 0.15) is 48.0 Å². The summed E-state index contributed by atoms with van der Waals surface area (Å²) < 4.78 is 5.04. The van der Waals surface area contributed by atoms with Crippen LogP contribution in [0.25, 0.3) is 0 Å². The molecule has 0 spiro atoms. The van der Waals surface area contributed by atoms with Gasteiger partial charge in [0.05, 0.1) is 12.5 Å². The zero-order valence-corrected chi connectivity index (χ0v) is 12.9. The molecule has 0 heterocycles. The largest absolute Gasteiger partial charge is 0.481 e. The lowest BCUT2D eigenvalue weighted by atomic mass is 9.94. The number of nitrogens with one attached hydrogen (secondary N) is 1. The topological polar surface area (TPSA) is 75.6 Å². The number of ether oxygens (including phenoxy) is 1. The fourth-order valence-corrected chi connectivity index (χ4v) is 2.95. The molecule has 1 saturated carbocycles. The van der Waals surface area contributed by atoms with Crippen molar-refractivity contribution in [1.82, 2.24) is 5.32 Å². The van der Waals surface area contributed by atoms with Crippen LogP contribution in [0.5, 0.6) is 0 Å². The molecule has 120 valence electrons. The van der Waals surface area contributed by atoms with Gasteiger partial charge in [-0.25, -0.2) is 0 Å². The molecule has 1 amide bonds. The molecule has 2 rings (SSSR count). The second kappa shape index (κ2) is 7.94. The van der Waals surface area contributed by atoms with Gasteiger partial charge in [-0.1, -0.05) is 31.4 Å². The molecule has 5 heteroatoms. The monoisotopic (exact) mass is 305 g/mol. The van der Waals surface area contributed by atoms with Crippen molar-refractivity contribution in [3.63, 3.8) is 0 Å². The Morgan fingerprint density at radius 3 is 2.50 bits per heavy atom. The maximum Gasteiger partial charge on any atom is 0.308 e. The van der Waals surface area contributed by atoms with Crippen molar-refractivity contribution in [2.24, 2.45) is 5.92 Å². The third-order valence-corrected chi connectivity index (χ3v) is 4.18. The standard InChI is InChI=1S/C17H23NO4/c1-22-11-12-7-9-13(10-8-12)16(19)18-15-6-4-2-3-5-14(15)17(20)21/h7-10,14-15H,2-6,11H2,1H3,(H,18,19)(H,20,21)/t14-,15+/m1/s1. The Bertz CT molecular complexity index is 512. The molecule has 5 nitrogen and oxygen atoms in total. The molecule has 1 fully saturated rings. The number of hydrogen-bond donors (Lipinski definition) is 2. The van der Waals surface area contributed by atoms with E-state index in [0.29, 0.717) is 18.6 Å². The second-order valence-corrected chi connectivity index (χ2v) is 5.79. The molecule has 0 aliphatic heterocycles. The maximum atomic E-state index is 12.3. The van der Waals surface area contributed by atoms with Gasteiger partial charge in [0.25, 0.3) is 5.91 Å². The first-order valence-electron chi connectivity index (χ1n) is 7.73. The Kier molecular flexibility index (Phi) is 5.95. The highest BCUT2D eigenvalue weighted by Crippen LogP contribution is 2.24. The van der Waals surface area contributed by atoms with Crippen LogP contribution >= 0.6 is 0 Å². The molecule has 0 saturated heterocycles. The van der Waals surface area contributed by atoms with Gasteiger partial charge in [-0.3, -0.25) is 9.59 Å². The highest BCUT2D eigenvalue weighted by molar-refractivity contribution is 5.94. The molecular formula is C17H23NO4. The van der Waals surface area contributed by atoms with Crippen molar-refractivity contribution >= 4 is 11.9 Å². The number of aliphatic carboxylic acids is 1. The fourth-order valence-electron chi connectivity index (χ4n) is 2.95. The van der Waals surface area contributed by atoms with Crippen LogP contribution in [-0.4, -0.2) is 30.1 Å². The Hall–Kier alpha value is -1.88. The second-order valence-electron chi connectivity index (χ2n) is 5.79. The number of carbonyl (C=O) groups is 2. The molecule has 1 aliphatic carbocycles. The molecular weight excluding hydrogens is 282 g/mol. The minimum absolute atomic E-state index is 0.206. The Morgan fingerprint density at radius 1 is 1.18 bits per heavy atom. The van der Waals surface area contributed by atoms with Crippen LogP contribution in [0.4, 0.5) is 0 Å². The predicted molar refractivity (Wildman–Crippen MR) is 82.6 cm³/mol. The van der Waals surface area contributed by atoms with Gasteiger partial charge < -0.3 is 15.2 Å². The van der Waals surface area contributed by atoms with E-state index in [1.165, 1.54) is 0 Å². The zero-order valence-electron chi connectivity index (χ0n) is 12.9.